The predicted molar refractivity (Wildman–Crippen MR) is 102 cm³/mol. The van der Waals surface area contributed by atoms with Crippen LogP contribution in [0.1, 0.15) is 69.7 Å². The van der Waals surface area contributed by atoms with Gasteiger partial charge in [-0.1, -0.05) is 64.1 Å². The summed E-state index contributed by atoms with van der Waals surface area (Å²) in [6.45, 7) is 11.6. The molecule has 125 valence electrons. The number of fused-ring (bicyclic) bond motifs is 1. The first kappa shape index (κ1) is 16.8. The zero-order valence-corrected chi connectivity index (χ0v) is 15.4. The van der Waals surface area contributed by atoms with Crippen LogP contribution in [0.5, 0.6) is 5.75 Å². The van der Waals surface area contributed by atoms with E-state index < -0.39 is 0 Å². The van der Waals surface area contributed by atoms with Gasteiger partial charge in [-0.15, -0.1) is 0 Å². The van der Waals surface area contributed by atoms with Gasteiger partial charge in [0.1, 0.15) is 0 Å². The summed E-state index contributed by atoms with van der Waals surface area (Å²) in [5, 5.41) is 11.2. The van der Waals surface area contributed by atoms with Crippen molar-refractivity contribution in [2.24, 2.45) is 0 Å². The standard InChI is InChI=1S/C23H27O/c1-16(14-17-6-9-19(24)10-7-17)18-8-11-20-21(15-18)23(4,5)13-12-22(20,2)3/h6-11,14-15H,12-13H2,1-5H3/b16-14+. The summed E-state index contributed by atoms with van der Waals surface area (Å²) in [4.78, 5) is 0. The van der Waals surface area contributed by atoms with Gasteiger partial charge in [-0.25, -0.2) is 0 Å². The molecule has 0 fully saturated rings. The molecule has 0 N–H and O–H groups in total. The molecular formula is C23H27O. The van der Waals surface area contributed by atoms with E-state index in [1.54, 1.807) is 12.1 Å². The van der Waals surface area contributed by atoms with Gasteiger partial charge in [0, 0.05) is 0 Å². The lowest BCUT2D eigenvalue weighted by atomic mass is 9.63. The van der Waals surface area contributed by atoms with E-state index in [0.29, 0.717) is 0 Å². The molecule has 1 aliphatic carbocycles. The summed E-state index contributed by atoms with van der Waals surface area (Å²) >= 11 is 0. The van der Waals surface area contributed by atoms with Crippen LogP contribution in [0.2, 0.25) is 0 Å². The number of hydrogen-bond donors (Lipinski definition) is 0. The largest absolute Gasteiger partial charge is 0.290 e. The fourth-order valence-electron chi connectivity index (χ4n) is 3.73. The van der Waals surface area contributed by atoms with Crippen LogP contribution in [0.3, 0.4) is 0 Å². The average Bonchev–Trinajstić information content (AvgIpc) is 2.54. The summed E-state index contributed by atoms with van der Waals surface area (Å²) in [6.07, 6.45) is 4.62. The lowest BCUT2D eigenvalue weighted by Gasteiger charge is -2.42. The highest BCUT2D eigenvalue weighted by Gasteiger charge is 2.36. The van der Waals surface area contributed by atoms with E-state index in [0.717, 1.165) is 5.56 Å². The van der Waals surface area contributed by atoms with Crippen LogP contribution in [0.4, 0.5) is 0 Å². The van der Waals surface area contributed by atoms with E-state index >= 15 is 0 Å². The fourth-order valence-corrected chi connectivity index (χ4v) is 3.73. The van der Waals surface area contributed by atoms with Crippen molar-refractivity contribution in [3.8, 4) is 5.75 Å². The Hall–Kier alpha value is -2.02. The molecule has 1 nitrogen and oxygen atoms in total. The number of allylic oxidation sites excluding steroid dienone is 1. The first-order valence-electron chi connectivity index (χ1n) is 8.80. The molecule has 0 unspecified atom stereocenters. The molecule has 0 atom stereocenters. The van der Waals surface area contributed by atoms with Gasteiger partial charge in [0.15, 0.2) is 5.75 Å². The predicted octanol–water partition coefficient (Wildman–Crippen LogP) is 6.74. The van der Waals surface area contributed by atoms with Gasteiger partial charge in [0.05, 0.1) is 0 Å². The van der Waals surface area contributed by atoms with Crippen LogP contribution < -0.4 is 0 Å². The van der Waals surface area contributed by atoms with Gasteiger partial charge in [-0.05, 0) is 70.6 Å². The Morgan fingerprint density at radius 2 is 1.46 bits per heavy atom. The van der Waals surface area contributed by atoms with E-state index in [2.05, 4.69) is 58.9 Å². The van der Waals surface area contributed by atoms with Crippen molar-refractivity contribution >= 4 is 11.6 Å². The molecule has 0 spiro atoms. The molecule has 1 aliphatic rings. The minimum Gasteiger partial charge on any atom is -0.290 e. The molecule has 24 heavy (non-hydrogen) atoms. The highest BCUT2D eigenvalue weighted by Crippen LogP contribution is 2.46. The normalized spacial score (nSPS) is 19.0. The molecular weight excluding hydrogens is 292 g/mol. The SMILES string of the molecule is C/C(=C\c1ccc([O])cc1)c1ccc2c(c1)C(C)(C)CCC2(C)C. The average molecular weight is 319 g/mol. The van der Waals surface area contributed by atoms with Crippen molar-refractivity contribution in [3.63, 3.8) is 0 Å². The van der Waals surface area contributed by atoms with Crippen LogP contribution in [-0.4, -0.2) is 0 Å². The van der Waals surface area contributed by atoms with Gasteiger partial charge in [-0.2, -0.15) is 0 Å². The zero-order chi connectivity index (χ0) is 17.5. The van der Waals surface area contributed by atoms with Crippen LogP contribution in [0.25, 0.3) is 11.6 Å². The lowest BCUT2D eigenvalue weighted by Crippen LogP contribution is -2.33. The Labute approximate surface area is 146 Å². The summed E-state index contributed by atoms with van der Waals surface area (Å²) in [5.74, 6) is 0.0579. The molecule has 3 rings (SSSR count). The van der Waals surface area contributed by atoms with Crippen LogP contribution >= 0.6 is 0 Å². The number of rotatable bonds is 2. The van der Waals surface area contributed by atoms with Crippen molar-refractivity contribution in [1.29, 1.82) is 0 Å². The second-order valence-corrected chi connectivity index (χ2v) is 8.42. The van der Waals surface area contributed by atoms with E-state index in [1.165, 1.54) is 35.1 Å². The van der Waals surface area contributed by atoms with E-state index in [-0.39, 0.29) is 16.6 Å². The molecule has 0 aromatic heterocycles. The van der Waals surface area contributed by atoms with Crippen LogP contribution in [-0.2, 0) is 15.9 Å². The molecule has 2 aromatic rings. The molecule has 0 amide bonds. The van der Waals surface area contributed by atoms with Crippen molar-refractivity contribution < 1.29 is 5.11 Å². The summed E-state index contributed by atoms with van der Waals surface area (Å²) in [7, 11) is 0. The molecule has 0 saturated carbocycles. The summed E-state index contributed by atoms with van der Waals surface area (Å²) in [6, 6.07) is 14.0. The Bertz CT molecular complexity index is 776. The Balaban J connectivity index is 2.03. The van der Waals surface area contributed by atoms with Gasteiger partial charge in [0.25, 0.3) is 0 Å². The van der Waals surface area contributed by atoms with Crippen LogP contribution in [0, 0.1) is 0 Å². The number of benzene rings is 2. The molecule has 2 aromatic carbocycles. The highest BCUT2D eigenvalue weighted by molar-refractivity contribution is 5.80. The molecule has 1 heteroatoms. The molecule has 1 radical (unpaired) electrons. The molecule has 0 aliphatic heterocycles. The second kappa shape index (κ2) is 5.81. The van der Waals surface area contributed by atoms with E-state index in [4.69, 9.17) is 0 Å². The summed E-state index contributed by atoms with van der Waals surface area (Å²) in [5.41, 5.74) is 7.03. The minimum absolute atomic E-state index is 0.0579. The topological polar surface area (TPSA) is 19.9 Å². The maximum Gasteiger partial charge on any atom is 0.178 e. The van der Waals surface area contributed by atoms with Gasteiger partial charge in [-0.3, -0.25) is 5.11 Å². The molecule has 0 heterocycles. The minimum atomic E-state index is 0.0579. The molecule has 0 bridgehead atoms. The van der Waals surface area contributed by atoms with E-state index in [1.807, 2.05) is 12.1 Å². The molecule has 0 saturated heterocycles. The van der Waals surface area contributed by atoms with Gasteiger partial charge < -0.3 is 0 Å². The third-order valence-corrected chi connectivity index (χ3v) is 5.57. The van der Waals surface area contributed by atoms with Crippen molar-refractivity contribution in [2.75, 3.05) is 0 Å². The van der Waals surface area contributed by atoms with Crippen molar-refractivity contribution in [2.45, 2.75) is 58.3 Å². The smallest absolute Gasteiger partial charge is 0.178 e. The second-order valence-electron chi connectivity index (χ2n) is 8.42. The monoisotopic (exact) mass is 319 g/mol. The lowest BCUT2D eigenvalue weighted by molar-refractivity contribution is 0.332. The maximum absolute atomic E-state index is 11.2. The fraction of sp³-hybridized carbons (Fsp3) is 0.391. The summed E-state index contributed by atoms with van der Waals surface area (Å²) < 4.78 is 0. The van der Waals surface area contributed by atoms with Crippen molar-refractivity contribution in [1.82, 2.24) is 0 Å². The first-order valence-corrected chi connectivity index (χ1v) is 8.80. The quantitative estimate of drug-likeness (QED) is 0.546. The Morgan fingerprint density at radius 1 is 0.875 bits per heavy atom. The zero-order valence-electron chi connectivity index (χ0n) is 15.4. The number of hydrogen-bond acceptors (Lipinski definition) is 0. The van der Waals surface area contributed by atoms with Crippen molar-refractivity contribution in [3.05, 3.63) is 64.7 Å². The van der Waals surface area contributed by atoms with Crippen LogP contribution in [0.15, 0.2) is 42.5 Å². The maximum atomic E-state index is 11.2. The third kappa shape index (κ3) is 3.13. The first-order chi connectivity index (χ1) is 11.2. The van der Waals surface area contributed by atoms with Gasteiger partial charge >= 0.3 is 0 Å². The highest BCUT2D eigenvalue weighted by atomic mass is 16.3. The van der Waals surface area contributed by atoms with Gasteiger partial charge in [0.2, 0.25) is 0 Å². The Kier molecular flexibility index (Phi) is 4.07. The Morgan fingerprint density at radius 3 is 2.08 bits per heavy atom. The van der Waals surface area contributed by atoms with E-state index in [9.17, 15) is 5.11 Å². The third-order valence-electron chi connectivity index (χ3n) is 5.57.